The summed E-state index contributed by atoms with van der Waals surface area (Å²) in [6.07, 6.45) is 18.9. The Balaban J connectivity index is 0. The van der Waals surface area contributed by atoms with Crippen molar-refractivity contribution in [1.82, 2.24) is 0 Å². The van der Waals surface area contributed by atoms with Crippen LogP contribution in [-0.2, 0) is 0 Å². The molecule has 0 aliphatic carbocycles. The molecule has 2 heteroatoms. The van der Waals surface area contributed by atoms with Gasteiger partial charge in [-0.2, -0.15) is 0 Å². The number of hydrogen-bond donors (Lipinski definition) is 1. The minimum Gasteiger partial charge on any atom is -1.00 e. The van der Waals surface area contributed by atoms with Crippen LogP contribution < -0.4 is 28.9 Å². The first kappa shape index (κ1) is 22.0. The standard InChI is InChI=1S/C17H37N.HI/c1-4-5-6-7-8-9-10-11-12-13-14-15-16-17-18(2)3;/h4-17H2,1-3H3;1H. The van der Waals surface area contributed by atoms with Gasteiger partial charge in [0, 0.05) is 0 Å². The van der Waals surface area contributed by atoms with Gasteiger partial charge in [0.1, 0.15) is 0 Å². The van der Waals surface area contributed by atoms with Gasteiger partial charge in [0.15, 0.2) is 0 Å². The summed E-state index contributed by atoms with van der Waals surface area (Å²) in [5.41, 5.74) is 0. The molecule has 0 aromatic heterocycles. The Morgan fingerprint density at radius 1 is 0.526 bits per heavy atom. The van der Waals surface area contributed by atoms with Gasteiger partial charge in [-0.25, -0.2) is 0 Å². The lowest BCUT2D eigenvalue weighted by atomic mass is 10.0. The Bertz CT molecular complexity index is 148. The molecule has 0 saturated carbocycles. The highest BCUT2D eigenvalue weighted by Crippen LogP contribution is 2.12. The highest BCUT2D eigenvalue weighted by molar-refractivity contribution is 4.48. The van der Waals surface area contributed by atoms with Gasteiger partial charge >= 0.3 is 0 Å². The molecular formula is C17H38IN. The van der Waals surface area contributed by atoms with Crippen LogP contribution in [0.3, 0.4) is 0 Å². The van der Waals surface area contributed by atoms with Crippen molar-refractivity contribution in [3.63, 3.8) is 0 Å². The molecule has 1 nitrogen and oxygen atoms in total. The van der Waals surface area contributed by atoms with Crippen molar-refractivity contribution in [2.75, 3.05) is 20.6 Å². The van der Waals surface area contributed by atoms with E-state index < -0.39 is 0 Å². The first-order chi connectivity index (χ1) is 8.77. The van der Waals surface area contributed by atoms with Crippen molar-refractivity contribution in [3.05, 3.63) is 0 Å². The van der Waals surface area contributed by atoms with Crippen LogP contribution in [0, 0.1) is 0 Å². The molecule has 0 aliphatic heterocycles. The quantitative estimate of drug-likeness (QED) is 0.340. The van der Waals surface area contributed by atoms with Gasteiger partial charge in [0.2, 0.25) is 0 Å². The van der Waals surface area contributed by atoms with Gasteiger partial charge in [0.25, 0.3) is 0 Å². The van der Waals surface area contributed by atoms with E-state index in [4.69, 9.17) is 0 Å². The van der Waals surface area contributed by atoms with Gasteiger partial charge in [0.05, 0.1) is 20.6 Å². The second kappa shape index (κ2) is 18.7. The van der Waals surface area contributed by atoms with E-state index in [0.29, 0.717) is 0 Å². The average molecular weight is 383 g/mol. The third kappa shape index (κ3) is 21.1. The van der Waals surface area contributed by atoms with Crippen LogP contribution in [0.2, 0.25) is 0 Å². The van der Waals surface area contributed by atoms with E-state index in [1.165, 1.54) is 90.0 Å². The van der Waals surface area contributed by atoms with Crippen LogP contribution >= 0.6 is 0 Å². The molecular weight excluding hydrogens is 345 g/mol. The van der Waals surface area contributed by atoms with Crippen molar-refractivity contribution < 1.29 is 28.9 Å². The minimum absolute atomic E-state index is 0. The maximum absolute atomic E-state index is 2.29. The van der Waals surface area contributed by atoms with Crippen molar-refractivity contribution in [2.24, 2.45) is 0 Å². The molecule has 0 saturated heterocycles. The van der Waals surface area contributed by atoms with Crippen LogP contribution in [0.1, 0.15) is 90.4 Å². The number of hydrogen-bond acceptors (Lipinski definition) is 0. The first-order valence-corrected chi connectivity index (χ1v) is 8.56. The summed E-state index contributed by atoms with van der Waals surface area (Å²) in [6.45, 7) is 3.64. The number of rotatable bonds is 14. The van der Waals surface area contributed by atoms with Gasteiger partial charge in [-0.1, -0.05) is 77.6 Å². The molecule has 0 radical (unpaired) electrons. The third-order valence-corrected chi connectivity index (χ3v) is 3.78. The van der Waals surface area contributed by atoms with E-state index in [1.807, 2.05) is 0 Å². The third-order valence-electron chi connectivity index (χ3n) is 3.78. The van der Waals surface area contributed by atoms with E-state index in [2.05, 4.69) is 21.0 Å². The molecule has 1 N–H and O–H groups in total. The first-order valence-electron chi connectivity index (χ1n) is 8.56. The van der Waals surface area contributed by atoms with Crippen molar-refractivity contribution in [3.8, 4) is 0 Å². The maximum Gasteiger partial charge on any atom is 0.0766 e. The normalized spacial score (nSPS) is 10.7. The molecule has 0 aromatic carbocycles. The van der Waals surface area contributed by atoms with E-state index in [9.17, 15) is 0 Å². The lowest BCUT2D eigenvalue weighted by molar-refractivity contribution is -0.858. The Morgan fingerprint density at radius 3 is 1.16 bits per heavy atom. The average Bonchev–Trinajstić information content (AvgIpc) is 2.34. The predicted molar refractivity (Wildman–Crippen MR) is 83.4 cm³/mol. The fourth-order valence-electron chi connectivity index (χ4n) is 2.50. The Hall–Kier alpha value is 0.690. The molecule has 0 aromatic rings. The SMILES string of the molecule is CCCCCCCCCCCCCCC[NH+](C)C.[I-]. The van der Waals surface area contributed by atoms with Crippen LogP contribution in [0.15, 0.2) is 0 Å². The van der Waals surface area contributed by atoms with Crippen molar-refractivity contribution in [1.29, 1.82) is 0 Å². The molecule has 0 unspecified atom stereocenters. The Morgan fingerprint density at radius 2 is 0.842 bits per heavy atom. The second-order valence-corrected chi connectivity index (χ2v) is 6.20. The van der Waals surface area contributed by atoms with Crippen molar-refractivity contribution >= 4 is 0 Å². The zero-order valence-electron chi connectivity index (χ0n) is 13.8. The van der Waals surface area contributed by atoms with E-state index >= 15 is 0 Å². The van der Waals surface area contributed by atoms with Crippen LogP contribution in [0.5, 0.6) is 0 Å². The summed E-state index contributed by atoms with van der Waals surface area (Å²) in [5, 5.41) is 0. The van der Waals surface area contributed by atoms with Crippen LogP contribution in [0.25, 0.3) is 0 Å². The van der Waals surface area contributed by atoms with Gasteiger partial charge in [-0.15, -0.1) is 0 Å². The molecule has 0 atom stereocenters. The number of quaternary nitrogens is 1. The molecule has 0 heterocycles. The van der Waals surface area contributed by atoms with E-state index in [-0.39, 0.29) is 24.0 Å². The zero-order chi connectivity index (χ0) is 13.5. The smallest absolute Gasteiger partial charge is 0.0766 e. The number of halogens is 1. The lowest BCUT2D eigenvalue weighted by Crippen LogP contribution is -3.05. The largest absolute Gasteiger partial charge is 1.00 e. The second-order valence-electron chi connectivity index (χ2n) is 6.20. The molecule has 19 heavy (non-hydrogen) atoms. The van der Waals surface area contributed by atoms with Gasteiger partial charge in [-0.3, -0.25) is 0 Å². The number of nitrogens with one attached hydrogen (secondary N) is 1. The molecule has 0 aliphatic rings. The van der Waals surface area contributed by atoms with Crippen LogP contribution in [-0.4, -0.2) is 20.6 Å². The predicted octanol–water partition coefficient (Wildman–Crippen LogP) is 1.23. The van der Waals surface area contributed by atoms with Gasteiger partial charge in [-0.05, 0) is 12.8 Å². The summed E-state index contributed by atoms with van der Waals surface area (Å²) in [5.74, 6) is 0. The summed E-state index contributed by atoms with van der Waals surface area (Å²) >= 11 is 0. The molecule has 0 spiro atoms. The highest BCUT2D eigenvalue weighted by atomic mass is 127. The number of unbranched alkanes of at least 4 members (excludes halogenated alkanes) is 12. The highest BCUT2D eigenvalue weighted by Gasteiger charge is 1.95. The summed E-state index contributed by atoms with van der Waals surface area (Å²) < 4.78 is 0. The molecule has 0 rings (SSSR count). The lowest BCUT2D eigenvalue weighted by Gasteiger charge is -2.06. The van der Waals surface area contributed by atoms with Crippen molar-refractivity contribution in [2.45, 2.75) is 90.4 Å². The Kier molecular flexibility index (Phi) is 21.6. The summed E-state index contributed by atoms with van der Waals surface area (Å²) in [6, 6.07) is 0. The van der Waals surface area contributed by atoms with E-state index in [1.54, 1.807) is 4.90 Å². The molecule has 0 bridgehead atoms. The zero-order valence-corrected chi connectivity index (χ0v) is 15.9. The molecule has 118 valence electrons. The summed E-state index contributed by atoms with van der Waals surface area (Å²) in [7, 11) is 4.50. The fraction of sp³-hybridized carbons (Fsp3) is 1.00. The topological polar surface area (TPSA) is 4.44 Å². The Labute approximate surface area is 139 Å². The van der Waals surface area contributed by atoms with Gasteiger partial charge < -0.3 is 28.9 Å². The minimum atomic E-state index is 0. The summed E-state index contributed by atoms with van der Waals surface area (Å²) in [4.78, 5) is 1.60. The monoisotopic (exact) mass is 383 g/mol. The molecule has 0 amide bonds. The molecule has 0 fully saturated rings. The van der Waals surface area contributed by atoms with Crippen LogP contribution in [0.4, 0.5) is 0 Å². The fourth-order valence-corrected chi connectivity index (χ4v) is 2.50. The maximum atomic E-state index is 2.29. The van der Waals surface area contributed by atoms with E-state index in [0.717, 1.165) is 0 Å².